The molecule has 0 radical (unpaired) electrons. The van der Waals surface area contributed by atoms with E-state index in [0.29, 0.717) is 19.3 Å². The van der Waals surface area contributed by atoms with Crippen LogP contribution in [0.2, 0.25) is 0 Å². The minimum Gasteiger partial charge on any atom is -0.468 e. The van der Waals surface area contributed by atoms with Gasteiger partial charge in [0.25, 0.3) is 0 Å². The molecule has 0 amide bonds. The summed E-state index contributed by atoms with van der Waals surface area (Å²) >= 11 is 0. The van der Waals surface area contributed by atoms with E-state index in [-0.39, 0.29) is 11.4 Å². The van der Waals surface area contributed by atoms with E-state index in [1.165, 1.54) is 12.7 Å². The molecule has 21 heavy (non-hydrogen) atoms. The maximum atomic E-state index is 12.3. The molecule has 0 spiro atoms. The summed E-state index contributed by atoms with van der Waals surface area (Å²) in [5, 5.41) is 10.3. The first-order valence-corrected chi connectivity index (χ1v) is 7.59. The molecule has 1 aromatic rings. The highest BCUT2D eigenvalue weighted by Crippen LogP contribution is 2.52. The van der Waals surface area contributed by atoms with Crippen LogP contribution >= 0.6 is 0 Å². The number of benzene rings is 1. The smallest absolute Gasteiger partial charge is 0.316 e. The number of rotatable bonds is 3. The number of hydrogen-bond donors (Lipinski definition) is 1. The van der Waals surface area contributed by atoms with E-state index in [4.69, 9.17) is 4.74 Å². The number of carbonyl (C=O) groups is 1. The van der Waals surface area contributed by atoms with Gasteiger partial charge in [-0.15, -0.1) is 0 Å². The van der Waals surface area contributed by atoms with Crippen LogP contribution in [0.5, 0.6) is 0 Å². The highest BCUT2D eigenvalue weighted by atomic mass is 16.5. The monoisotopic (exact) mass is 290 g/mol. The van der Waals surface area contributed by atoms with Crippen molar-refractivity contribution in [3.05, 3.63) is 35.4 Å². The predicted octanol–water partition coefficient (Wildman–Crippen LogP) is 3.33. The van der Waals surface area contributed by atoms with E-state index in [9.17, 15) is 9.90 Å². The van der Waals surface area contributed by atoms with Gasteiger partial charge in [-0.3, -0.25) is 4.79 Å². The highest BCUT2D eigenvalue weighted by molar-refractivity contribution is 5.85. The first kappa shape index (κ1) is 16.0. The van der Waals surface area contributed by atoms with Crippen LogP contribution in [0, 0.1) is 0 Å². The number of methoxy groups -OCH3 is 1. The Morgan fingerprint density at radius 3 is 2.14 bits per heavy atom. The molecule has 1 fully saturated rings. The molecule has 0 unspecified atom stereocenters. The second-order valence-electron chi connectivity index (χ2n) is 7.33. The molecule has 3 heteroatoms. The molecule has 0 atom stereocenters. The second kappa shape index (κ2) is 5.13. The van der Waals surface area contributed by atoms with Crippen molar-refractivity contribution in [2.45, 2.75) is 63.4 Å². The maximum absolute atomic E-state index is 12.3. The standard InChI is InChI=1S/C18H26O3/c1-6-17(20)11-18(12-17,15(19)21-5)14-9-7-13(8-10-14)16(2,3)4/h7-10,20H,6,11-12H2,1-5H3. The van der Waals surface area contributed by atoms with Gasteiger partial charge < -0.3 is 9.84 Å². The van der Waals surface area contributed by atoms with Crippen molar-refractivity contribution in [1.29, 1.82) is 0 Å². The van der Waals surface area contributed by atoms with Crippen molar-refractivity contribution in [3.8, 4) is 0 Å². The molecular formula is C18H26O3. The lowest BCUT2D eigenvalue weighted by Crippen LogP contribution is -2.58. The molecule has 1 N–H and O–H groups in total. The number of esters is 1. The fourth-order valence-electron chi connectivity index (χ4n) is 3.27. The SMILES string of the molecule is CCC1(O)CC(C(=O)OC)(c2ccc(C(C)(C)C)cc2)C1. The zero-order chi connectivity index (χ0) is 15.9. The van der Waals surface area contributed by atoms with Crippen molar-refractivity contribution in [2.24, 2.45) is 0 Å². The zero-order valence-corrected chi connectivity index (χ0v) is 13.7. The Kier molecular flexibility index (Phi) is 3.92. The number of aliphatic hydroxyl groups is 1. The first-order valence-electron chi connectivity index (χ1n) is 7.59. The topological polar surface area (TPSA) is 46.5 Å². The summed E-state index contributed by atoms with van der Waals surface area (Å²) < 4.78 is 5.00. The second-order valence-corrected chi connectivity index (χ2v) is 7.33. The van der Waals surface area contributed by atoms with Gasteiger partial charge in [-0.1, -0.05) is 52.0 Å². The molecule has 1 saturated carbocycles. The Morgan fingerprint density at radius 1 is 1.24 bits per heavy atom. The van der Waals surface area contributed by atoms with Crippen LogP contribution in [0.1, 0.15) is 58.1 Å². The van der Waals surface area contributed by atoms with Gasteiger partial charge in [0.15, 0.2) is 0 Å². The lowest BCUT2D eigenvalue weighted by atomic mass is 9.55. The van der Waals surface area contributed by atoms with Gasteiger partial charge >= 0.3 is 5.97 Å². The molecular weight excluding hydrogens is 264 g/mol. The van der Waals surface area contributed by atoms with Gasteiger partial charge in [0.05, 0.1) is 18.1 Å². The largest absolute Gasteiger partial charge is 0.468 e. The van der Waals surface area contributed by atoms with Gasteiger partial charge in [0.1, 0.15) is 0 Å². The Bertz CT molecular complexity index is 516. The third-order valence-electron chi connectivity index (χ3n) is 4.80. The summed E-state index contributed by atoms with van der Waals surface area (Å²) in [6, 6.07) is 8.16. The van der Waals surface area contributed by atoms with Gasteiger partial charge in [0.2, 0.25) is 0 Å². The predicted molar refractivity (Wildman–Crippen MR) is 83.3 cm³/mol. The van der Waals surface area contributed by atoms with Crippen LogP contribution < -0.4 is 0 Å². The molecule has 0 aliphatic heterocycles. The average Bonchev–Trinajstić information content (AvgIpc) is 2.42. The van der Waals surface area contributed by atoms with Crippen molar-refractivity contribution in [2.75, 3.05) is 7.11 Å². The number of carbonyl (C=O) groups excluding carboxylic acids is 1. The Balaban J connectivity index is 2.34. The minimum atomic E-state index is -0.739. The van der Waals surface area contributed by atoms with E-state index >= 15 is 0 Å². The highest BCUT2D eigenvalue weighted by Gasteiger charge is 2.59. The lowest BCUT2D eigenvalue weighted by Gasteiger charge is -2.51. The molecule has 0 saturated heterocycles. The van der Waals surface area contributed by atoms with Crippen LogP contribution in [0.4, 0.5) is 0 Å². The van der Waals surface area contributed by atoms with E-state index in [0.717, 1.165) is 5.56 Å². The summed E-state index contributed by atoms with van der Waals surface area (Å²) in [5.74, 6) is -0.246. The molecule has 0 aromatic heterocycles. The summed E-state index contributed by atoms with van der Waals surface area (Å²) in [6.45, 7) is 8.44. The van der Waals surface area contributed by atoms with Crippen molar-refractivity contribution in [3.63, 3.8) is 0 Å². The van der Waals surface area contributed by atoms with Crippen molar-refractivity contribution < 1.29 is 14.6 Å². The zero-order valence-electron chi connectivity index (χ0n) is 13.7. The number of hydrogen-bond acceptors (Lipinski definition) is 3. The summed E-state index contributed by atoms with van der Waals surface area (Å²) in [7, 11) is 1.41. The van der Waals surface area contributed by atoms with Crippen LogP contribution in [0.25, 0.3) is 0 Å². The third kappa shape index (κ3) is 2.71. The third-order valence-corrected chi connectivity index (χ3v) is 4.80. The Hall–Kier alpha value is -1.35. The molecule has 0 heterocycles. The van der Waals surface area contributed by atoms with Crippen molar-refractivity contribution in [1.82, 2.24) is 0 Å². The molecule has 1 aromatic carbocycles. The van der Waals surface area contributed by atoms with Gasteiger partial charge in [-0.2, -0.15) is 0 Å². The van der Waals surface area contributed by atoms with Crippen LogP contribution in [-0.4, -0.2) is 23.8 Å². The Labute approximate surface area is 127 Å². The summed E-state index contributed by atoms with van der Waals surface area (Å²) in [4.78, 5) is 12.3. The molecule has 0 bridgehead atoms. The summed E-state index contributed by atoms with van der Waals surface area (Å²) in [6.07, 6.45) is 1.54. The van der Waals surface area contributed by atoms with Gasteiger partial charge in [-0.05, 0) is 35.8 Å². The van der Waals surface area contributed by atoms with Crippen LogP contribution in [-0.2, 0) is 20.4 Å². The first-order chi connectivity index (χ1) is 9.67. The minimum absolute atomic E-state index is 0.0841. The van der Waals surface area contributed by atoms with Gasteiger partial charge in [0, 0.05) is 0 Å². The van der Waals surface area contributed by atoms with E-state index in [1.54, 1.807) is 0 Å². The van der Waals surface area contributed by atoms with E-state index in [2.05, 4.69) is 32.9 Å². The molecule has 1 aliphatic rings. The van der Waals surface area contributed by atoms with Crippen LogP contribution in [0.15, 0.2) is 24.3 Å². The Morgan fingerprint density at radius 2 is 1.76 bits per heavy atom. The van der Waals surface area contributed by atoms with E-state index in [1.807, 2.05) is 19.1 Å². The fraction of sp³-hybridized carbons (Fsp3) is 0.611. The average molecular weight is 290 g/mol. The van der Waals surface area contributed by atoms with Crippen molar-refractivity contribution >= 4 is 5.97 Å². The number of ether oxygens (including phenoxy) is 1. The van der Waals surface area contributed by atoms with Crippen LogP contribution in [0.3, 0.4) is 0 Å². The van der Waals surface area contributed by atoms with Gasteiger partial charge in [-0.25, -0.2) is 0 Å². The molecule has 2 rings (SSSR count). The van der Waals surface area contributed by atoms with E-state index < -0.39 is 11.0 Å². The fourth-order valence-corrected chi connectivity index (χ4v) is 3.27. The quantitative estimate of drug-likeness (QED) is 0.869. The molecule has 3 nitrogen and oxygen atoms in total. The summed E-state index contributed by atoms with van der Waals surface area (Å²) in [5.41, 5.74) is 0.838. The lowest BCUT2D eigenvalue weighted by molar-refractivity contribution is -0.168. The molecule has 1 aliphatic carbocycles. The normalized spacial score (nSPS) is 28.9. The molecule has 116 valence electrons. The maximum Gasteiger partial charge on any atom is 0.316 e.